The van der Waals surface area contributed by atoms with Gasteiger partial charge in [0.25, 0.3) is 6.29 Å². The number of carbonyl (C=O) groups is 2. The van der Waals surface area contributed by atoms with E-state index in [1.807, 2.05) is 6.07 Å². The van der Waals surface area contributed by atoms with Crippen LogP contribution in [0.5, 0.6) is 28.7 Å². The van der Waals surface area contributed by atoms with Crippen LogP contribution in [0.25, 0.3) is 0 Å². The number of esters is 1. The summed E-state index contributed by atoms with van der Waals surface area (Å²) in [5.41, 5.74) is 8.03. The van der Waals surface area contributed by atoms with Crippen LogP contribution in [0.2, 0.25) is 0 Å². The van der Waals surface area contributed by atoms with Crippen LogP contribution in [0.3, 0.4) is 0 Å². The molecule has 16 nitrogen and oxygen atoms in total. The van der Waals surface area contributed by atoms with Gasteiger partial charge in [0.15, 0.2) is 29.6 Å². The van der Waals surface area contributed by atoms with Gasteiger partial charge in [0.05, 0.1) is 19.1 Å². The molecule has 0 bridgehead atoms. The van der Waals surface area contributed by atoms with E-state index in [9.17, 15) is 24.9 Å². The Morgan fingerprint density at radius 3 is 2.58 bits per heavy atom. The predicted octanol–water partition coefficient (Wildman–Crippen LogP) is 0.703. The van der Waals surface area contributed by atoms with E-state index >= 15 is 0 Å². The lowest BCUT2D eigenvalue weighted by Crippen LogP contribution is -2.60. The van der Waals surface area contributed by atoms with E-state index in [1.54, 1.807) is 18.2 Å². The number of carboxylic acid groups (broad SMARTS) is 1. The van der Waals surface area contributed by atoms with E-state index in [0.29, 0.717) is 41.6 Å². The SMILES string of the molecule is CC(C)Cc1c2c(cc3c1OC1c4cc(OOC5C(OCCN)OC(COC(=O)CC(=O)O)C(O)C5O)ccc4OCC31)OC(CO)O2. The summed E-state index contributed by atoms with van der Waals surface area (Å²) in [5, 5.41) is 40.0. The molecule has 8 unspecified atom stereocenters. The fourth-order valence-electron chi connectivity index (χ4n) is 6.16. The molecule has 6 rings (SSSR count). The highest BCUT2D eigenvalue weighted by atomic mass is 17.2. The Kier molecular flexibility index (Phi) is 10.1. The molecule has 2 aromatic rings. The molecule has 48 heavy (non-hydrogen) atoms. The van der Waals surface area contributed by atoms with E-state index in [2.05, 4.69) is 13.8 Å². The summed E-state index contributed by atoms with van der Waals surface area (Å²) in [6.07, 6.45) is -8.60. The Morgan fingerprint density at radius 2 is 1.85 bits per heavy atom. The summed E-state index contributed by atoms with van der Waals surface area (Å²) in [4.78, 5) is 33.6. The van der Waals surface area contributed by atoms with Gasteiger partial charge in [-0.25, -0.2) is 0 Å². The second kappa shape index (κ2) is 14.3. The Morgan fingerprint density at radius 1 is 1.04 bits per heavy atom. The van der Waals surface area contributed by atoms with Crippen molar-refractivity contribution in [3.05, 3.63) is 41.0 Å². The van der Waals surface area contributed by atoms with E-state index < -0.39 is 68.1 Å². The number of hydrogen-bond acceptors (Lipinski definition) is 15. The molecule has 0 aromatic heterocycles. The van der Waals surface area contributed by atoms with Crippen molar-refractivity contribution >= 4 is 11.9 Å². The lowest BCUT2D eigenvalue weighted by molar-refractivity contribution is -0.372. The molecule has 1 fully saturated rings. The number of aliphatic hydroxyl groups is 3. The minimum Gasteiger partial charge on any atom is -0.492 e. The third-order valence-corrected chi connectivity index (χ3v) is 8.31. The normalized spacial score (nSPS) is 28.1. The number of ether oxygens (including phenoxy) is 7. The molecule has 4 heterocycles. The van der Waals surface area contributed by atoms with Gasteiger partial charge >= 0.3 is 11.9 Å². The summed E-state index contributed by atoms with van der Waals surface area (Å²) in [6, 6.07) is 6.87. The Hall–Kier alpha value is -3.90. The predicted molar refractivity (Wildman–Crippen MR) is 160 cm³/mol. The fourth-order valence-corrected chi connectivity index (χ4v) is 6.16. The lowest BCUT2D eigenvalue weighted by Gasteiger charge is -2.40. The second-order valence-electron chi connectivity index (χ2n) is 12.3. The number of nitrogens with two attached hydrogens (primary N) is 1. The molecular weight excluding hydrogens is 638 g/mol. The van der Waals surface area contributed by atoms with Gasteiger partial charge in [0.1, 0.15) is 55.5 Å². The van der Waals surface area contributed by atoms with E-state index in [-0.39, 0.29) is 37.3 Å². The first kappa shape index (κ1) is 34.0. The standard InChI is InChI=1S/C32H39NO15/c1-14(2)7-18-28-16(9-21-30(18)45-25(11-34)43-21)19-12-41-20-4-3-15(8-17(20)29(19)46-28)47-48-31-27(39)26(38)22(44-32(31)40-6-5-33)13-42-24(37)10-23(35)36/h3-4,8-9,14,19,22,25-27,29,31-32,34,38-39H,5-7,10-13,33H2,1-2H3,(H,35,36). The maximum Gasteiger partial charge on any atom is 0.317 e. The van der Waals surface area contributed by atoms with Crippen LogP contribution in [-0.2, 0) is 35.1 Å². The maximum absolute atomic E-state index is 11.7. The summed E-state index contributed by atoms with van der Waals surface area (Å²) < 4.78 is 40.6. The van der Waals surface area contributed by atoms with Crippen molar-refractivity contribution in [3.63, 3.8) is 0 Å². The topological polar surface area (TPSA) is 224 Å². The number of aliphatic hydroxyl groups excluding tert-OH is 3. The summed E-state index contributed by atoms with van der Waals surface area (Å²) in [5.74, 6) is 0.288. The monoisotopic (exact) mass is 677 g/mol. The van der Waals surface area contributed by atoms with Crippen LogP contribution in [0.1, 0.15) is 49.0 Å². The van der Waals surface area contributed by atoms with Crippen LogP contribution in [0.15, 0.2) is 24.3 Å². The molecule has 6 N–H and O–H groups in total. The van der Waals surface area contributed by atoms with Gasteiger partial charge in [0, 0.05) is 23.2 Å². The maximum atomic E-state index is 11.7. The van der Waals surface area contributed by atoms with Gasteiger partial charge in [-0.1, -0.05) is 13.8 Å². The highest BCUT2D eigenvalue weighted by Crippen LogP contribution is 2.57. The molecule has 8 atom stereocenters. The molecule has 4 aliphatic heterocycles. The van der Waals surface area contributed by atoms with Crippen LogP contribution >= 0.6 is 0 Å². The number of benzene rings is 2. The molecule has 0 spiro atoms. The number of carboxylic acids is 1. The van der Waals surface area contributed by atoms with Crippen molar-refractivity contribution in [1.29, 1.82) is 0 Å². The van der Waals surface area contributed by atoms with Gasteiger partial charge in [-0.05, 0) is 36.6 Å². The highest BCUT2D eigenvalue weighted by Gasteiger charge is 2.48. The zero-order chi connectivity index (χ0) is 34.1. The number of fused-ring (bicyclic) bond motifs is 6. The Labute approximate surface area is 275 Å². The molecule has 0 aliphatic carbocycles. The van der Waals surface area contributed by atoms with E-state index in [0.717, 1.165) is 11.1 Å². The first-order valence-corrected chi connectivity index (χ1v) is 15.7. The van der Waals surface area contributed by atoms with Crippen molar-refractivity contribution < 1.29 is 72.9 Å². The van der Waals surface area contributed by atoms with Crippen LogP contribution in [-0.4, -0.2) is 102 Å². The molecular formula is C32H39NO15. The molecule has 16 heteroatoms. The molecule has 1 saturated heterocycles. The quantitative estimate of drug-likeness (QED) is 0.0852. The highest BCUT2D eigenvalue weighted by molar-refractivity contribution is 5.90. The van der Waals surface area contributed by atoms with E-state index in [1.165, 1.54) is 0 Å². The largest absolute Gasteiger partial charge is 0.492 e. The second-order valence-corrected chi connectivity index (χ2v) is 12.3. The first-order chi connectivity index (χ1) is 23.1. The molecule has 0 saturated carbocycles. The van der Waals surface area contributed by atoms with Crippen molar-refractivity contribution in [2.45, 2.75) is 75.7 Å². The summed E-state index contributed by atoms with van der Waals surface area (Å²) in [6.45, 7) is 3.79. The van der Waals surface area contributed by atoms with Crippen LogP contribution in [0, 0.1) is 5.92 Å². The zero-order valence-corrected chi connectivity index (χ0v) is 26.3. The minimum atomic E-state index is -1.63. The number of hydrogen-bond donors (Lipinski definition) is 5. The van der Waals surface area contributed by atoms with Crippen LogP contribution in [0.4, 0.5) is 0 Å². The van der Waals surface area contributed by atoms with Gasteiger partial charge in [-0.3, -0.25) is 9.59 Å². The lowest BCUT2D eigenvalue weighted by atomic mass is 9.87. The molecule has 2 aromatic carbocycles. The molecule has 0 amide bonds. The van der Waals surface area contributed by atoms with Gasteiger partial charge in [-0.15, -0.1) is 0 Å². The third kappa shape index (κ3) is 6.82. The van der Waals surface area contributed by atoms with Crippen LogP contribution < -0.4 is 29.6 Å². The van der Waals surface area contributed by atoms with Gasteiger partial charge in [-0.2, -0.15) is 4.89 Å². The fraction of sp³-hybridized carbons (Fsp3) is 0.562. The summed E-state index contributed by atoms with van der Waals surface area (Å²) >= 11 is 0. The van der Waals surface area contributed by atoms with Crippen molar-refractivity contribution in [3.8, 4) is 28.7 Å². The Balaban J connectivity index is 1.18. The first-order valence-electron chi connectivity index (χ1n) is 15.7. The molecule has 0 radical (unpaired) electrons. The smallest absolute Gasteiger partial charge is 0.317 e. The molecule has 4 aliphatic rings. The minimum absolute atomic E-state index is 0.00498. The number of aliphatic carboxylic acids is 1. The zero-order valence-electron chi connectivity index (χ0n) is 26.3. The Bertz CT molecular complexity index is 1500. The van der Waals surface area contributed by atoms with Crippen molar-refractivity contribution in [2.24, 2.45) is 11.7 Å². The number of carbonyl (C=O) groups excluding carboxylic acids is 1. The summed E-state index contributed by atoms with van der Waals surface area (Å²) in [7, 11) is 0. The third-order valence-electron chi connectivity index (χ3n) is 8.31. The average Bonchev–Trinajstić information content (AvgIpc) is 3.65. The van der Waals surface area contributed by atoms with Crippen molar-refractivity contribution in [2.75, 3.05) is 33.0 Å². The average molecular weight is 678 g/mol. The van der Waals surface area contributed by atoms with Gasteiger partial charge < -0.3 is 64.2 Å². The number of rotatable bonds is 13. The van der Waals surface area contributed by atoms with E-state index in [4.69, 9.17) is 53.8 Å². The van der Waals surface area contributed by atoms with Crippen molar-refractivity contribution in [1.82, 2.24) is 0 Å². The molecule has 262 valence electrons. The van der Waals surface area contributed by atoms with Gasteiger partial charge in [0.2, 0.25) is 0 Å².